The Morgan fingerprint density at radius 2 is 2.18 bits per heavy atom. The Morgan fingerprint density at radius 1 is 1.35 bits per heavy atom. The monoisotopic (exact) mass is 235 g/mol. The summed E-state index contributed by atoms with van der Waals surface area (Å²) in [7, 11) is 0. The zero-order valence-electron chi connectivity index (χ0n) is 10.1. The first-order chi connectivity index (χ1) is 8.26. The zero-order chi connectivity index (χ0) is 12.3. The van der Waals surface area contributed by atoms with Crippen LogP contribution < -0.4 is 5.73 Å². The van der Waals surface area contributed by atoms with Crippen molar-refractivity contribution in [2.75, 3.05) is 6.54 Å². The molecule has 0 bridgehead atoms. The lowest BCUT2D eigenvalue weighted by atomic mass is 10.2. The molecule has 0 atom stereocenters. The van der Waals surface area contributed by atoms with E-state index in [9.17, 15) is 4.39 Å². The Hall–Kier alpha value is -1.42. The van der Waals surface area contributed by atoms with Crippen LogP contribution >= 0.6 is 0 Å². The van der Waals surface area contributed by atoms with Crippen LogP contribution in [-0.4, -0.2) is 16.1 Å². The van der Waals surface area contributed by atoms with Gasteiger partial charge in [-0.2, -0.15) is 0 Å². The van der Waals surface area contributed by atoms with Crippen LogP contribution in [0, 0.1) is 5.82 Å². The van der Waals surface area contributed by atoms with Crippen molar-refractivity contribution in [1.82, 2.24) is 9.55 Å². The fourth-order valence-electron chi connectivity index (χ4n) is 2.12. The van der Waals surface area contributed by atoms with E-state index in [2.05, 4.69) is 16.5 Å². The van der Waals surface area contributed by atoms with Crippen molar-refractivity contribution in [1.29, 1.82) is 0 Å². The molecule has 2 rings (SSSR count). The number of halogens is 1. The molecule has 0 aliphatic heterocycles. The third-order valence-electron chi connectivity index (χ3n) is 2.96. The van der Waals surface area contributed by atoms with Crippen LogP contribution in [0.25, 0.3) is 11.0 Å². The van der Waals surface area contributed by atoms with Gasteiger partial charge in [-0.05, 0) is 38.4 Å². The Morgan fingerprint density at radius 3 is 2.88 bits per heavy atom. The SMILES string of the molecule is CCn1c(CCCCN)nc2cc(F)ccc21. The summed E-state index contributed by atoms with van der Waals surface area (Å²) in [4.78, 5) is 4.50. The van der Waals surface area contributed by atoms with Gasteiger partial charge in [-0.3, -0.25) is 0 Å². The molecule has 0 aliphatic rings. The van der Waals surface area contributed by atoms with Crippen molar-refractivity contribution in [2.45, 2.75) is 32.7 Å². The molecule has 1 heterocycles. The van der Waals surface area contributed by atoms with Gasteiger partial charge in [0.2, 0.25) is 0 Å². The van der Waals surface area contributed by atoms with Gasteiger partial charge in [-0.15, -0.1) is 0 Å². The molecule has 0 spiro atoms. The summed E-state index contributed by atoms with van der Waals surface area (Å²) >= 11 is 0. The van der Waals surface area contributed by atoms with E-state index in [1.807, 2.05) is 0 Å². The van der Waals surface area contributed by atoms with Gasteiger partial charge in [-0.1, -0.05) is 0 Å². The summed E-state index contributed by atoms with van der Waals surface area (Å²) in [6.45, 7) is 3.65. The second kappa shape index (κ2) is 5.27. The van der Waals surface area contributed by atoms with Gasteiger partial charge in [0.1, 0.15) is 11.6 Å². The molecule has 0 radical (unpaired) electrons. The minimum Gasteiger partial charge on any atom is -0.330 e. The maximum absolute atomic E-state index is 13.1. The third kappa shape index (κ3) is 2.47. The van der Waals surface area contributed by atoms with Crippen LogP contribution in [0.2, 0.25) is 0 Å². The fraction of sp³-hybridized carbons (Fsp3) is 0.462. The summed E-state index contributed by atoms with van der Waals surface area (Å²) in [6.07, 6.45) is 2.94. The molecule has 0 fully saturated rings. The predicted molar refractivity (Wildman–Crippen MR) is 67.4 cm³/mol. The van der Waals surface area contributed by atoms with E-state index >= 15 is 0 Å². The molecule has 1 aromatic carbocycles. The molecular weight excluding hydrogens is 217 g/mol. The molecule has 0 saturated heterocycles. The molecule has 3 nitrogen and oxygen atoms in total. The minimum atomic E-state index is -0.230. The number of aromatic nitrogens is 2. The van der Waals surface area contributed by atoms with Crippen LogP contribution in [-0.2, 0) is 13.0 Å². The van der Waals surface area contributed by atoms with Gasteiger partial charge in [0.25, 0.3) is 0 Å². The van der Waals surface area contributed by atoms with E-state index in [0.717, 1.165) is 42.7 Å². The molecule has 0 aliphatic carbocycles. The van der Waals surface area contributed by atoms with Gasteiger partial charge in [0, 0.05) is 19.0 Å². The maximum atomic E-state index is 13.1. The first-order valence-corrected chi connectivity index (χ1v) is 6.11. The van der Waals surface area contributed by atoms with E-state index < -0.39 is 0 Å². The van der Waals surface area contributed by atoms with Crippen molar-refractivity contribution < 1.29 is 4.39 Å². The number of aryl methyl sites for hydroxylation is 2. The zero-order valence-corrected chi connectivity index (χ0v) is 10.1. The molecule has 2 aromatic rings. The molecule has 0 unspecified atom stereocenters. The Labute approximate surface area is 100 Å². The number of nitrogens with two attached hydrogens (primary N) is 1. The summed E-state index contributed by atoms with van der Waals surface area (Å²) < 4.78 is 15.3. The highest BCUT2D eigenvalue weighted by molar-refractivity contribution is 5.76. The normalized spacial score (nSPS) is 11.2. The molecule has 92 valence electrons. The van der Waals surface area contributed by atoms with Crippen LogP contribution in [0.15, 0.2) is 18.2 Å². The number of imidazole rings is 1. The van der Waals surface area contributed by atoms with Crippen molar-refractivity contribution in [3.63, 3.8) is 0 Å². The topological polar surface area (TPSA) is 43.8 Å². The molecule has 17 heavy (non-hydrogen) atoms. The number of rotatable bonds is 5. The highest BCUT2D eigenvalue weighted by Gasteiger charge is 2.09. The second-order valence-electron chi connectivity index (χ2n) is 4.15. The maximum Gasteiger partial charge on any atom is 0.125 e. The van der Waals surface area contributed by atoms with Crippen molar-refractivity contribution in [3.05, 3.63) is 29.8 Å². The van der Waals surface area contributed by atoms with Gasteiger partial charge in [-0.25, -0.2) is 9.37 Å². The van der Waals surface area contributed by atoms with Gasteiger partial charge in [0.15, 0.2) is 0 Å². The van der Waals surface area contributed by atoms with E-state index in [1.165, 1.54) is 12.1 Å². The first-order valence-electron chi connectivity index (χ1n) is 6.11. The van der Waals surface area contributed by atoms with Crippen LogP contribution in [0.5, 0.6) is 0 Å². The second-order valence-corrected chi connectivity index (χ2v) is 4.15. The lowest BCUT2D eigenvalue weighted by Crippen LogP contribution is -2.04. The lowest BCUT2D eigenvalue weighted by Gasteiger charge is -2.05. The largest absolute Gasteiger partial charge is 0.330 e. The van der Waals surface area contributed by atoms with Crippen LogP contribution in [0.1, 0.15) is 25.6 Å². The van der Waals surface area contributed by atoms with Gasteiger partial charge in [0.05, 0.1) is 11.0 Å². The molecular formula is C13H18FN3. The average molecular weight is 235 g/mol. The summed E-state index contributed by atoms with van der Waals surface area (Å²) in [5.74, 6) is 0.799. The smallest absolute Gasteiger partial charge is 0.125 e. The number of benzene rings is 1. The molecule has 1 aromatic heterocycles. The standard InChI is InChI=1S/C13H18FN3/c1-2-17-12-7-6-10(14)9-11(12)16-13(17)5-3-4-8-15/h6-7,9H,2-5,8,15H2,1H3. The van der Waals surface area contributed by atoms with Crippen molar-refractivity contribution in [3.8, 4) is 0 Å². The van der Waals surface area contributed by atoms with Crippen LogP contribution in [0.3, 0.4) is 0 Å². The van der Waals surface area contributed by atoms with E-state index in [-0.39, 0.29) is 5.82 Å². The average Bonchev–Trinajstić information content (AvgIpc) is 2.66. The predicted octanol–water partition coefficient (Wildman–Crippen LogP) is 2.48. The van der Waals surface area contributed by atoms with Crippen LogP contribution in [0.4, 0.5) is 4.39 Å². The highest BCUT2D eigenvalue weighted by Crippen LogP contribution is 2.18. The van der Waals surface area contributed by atoms with E-state index in [1.54, 1.807) is 6.07 Å². The number of unbranched alkanes of at least 4 members (excludes halogenated alkanes) is 1. The van der Waals surface area contributed by atoms with Gasteiger partial charge < -0.3 is 10.3 Å². The third-order valence-corrected chi connectivity index (χ3v) is 2.96. The summed E-state index contributed by atoms with van der Waals surface area (Å²) in [6, 6.07) is 4.78. The van der Waals surface area contributed by atoms with E-state index in [4.69, 9.17) is 5.73 Å². The Balaban J connectivity index is 2.34. The molecule has 4 heteroatoms. The molecule has 2 N–H and O–H groups in total. The summed E-state index contributed by atoms with van der Waals surface area (Å²) in [5, 5.41) is 0. The van der Waals surface area contributed by atoms with E-state index in [0.29, 0.717) is 6.54 Å². The lowest BCUT2D eigenvalue weighted by molar-refractivity contribution is 0.629. The quantitative estimate of drug-likeness (QED) is 0.809. The van der Waals surface area contributed by atoms with Crippen molar-refractivity contribution in [2.24, 2.45) is 5.73 Å². The number of fused-ring (bicyclic) bond motifs is 1. The number of hydrogen-bond acceptors (Lipinski definition) is 2. The Kier molecular flexibility index (Phi) is 3.74. The fourth-order valence-corrected chi connectivity index (χ4v) is 2.12. The number of nitrogens with zero attached hydrogens (tertiary/aromatic N) is 2. The van der Waals surface area contributed by atoms with Gasteiger partial charge >= 0.3 is 0 Å². The number of hydrogen-bond donors (Lipinski definition) is 1. The molecule has 0 saturated carbocycles. The van der Waals surface area contributed by atoms with Crippen molar-refractivity contribution >= 4 is 11.0 Å². The first kappa shape index (κ1) is 12.0. The molecule has 0 amide bonds. The Bertz CT molecular complexity index is 505. The minimum absolute atomic E-state index is 0.230. The highest BCUT2D eigenvalue weighted by atomic mass is 19.1. The summed E-state index contributed by atoms with van der Waals surface area (Å²) in [5.41, 5.74) is 7.24.